The van der Waals surface area contributed by atoms with Crippen LogP contribution in [-0.4, -0.2) is 47.5 Å². The first-order valence-corrected chi connectivity index (χ1v) is 4.99. The Morgan fingerprint density at radius 1 is 1.06 bits per heavy atom. The zero-order valence-corrected chi connectivity index (χ0v) is 9.94. The van der Waals surface area contributed by atoms with Crippen molar-refractivity contribution in [3.63, 3.8) is 0 Å². The zero-order valence-electron chi connectivity index (χ0n) is 9.94. The van der Waals surface area contributed by atoms with Gasteiger partial charge in [0.1, 0.15) is 11.1 Å². The van der Waals surface area contributed by atoms with Crippen LogP contribution in [0.1, 0.15) is 26.7 Å². The molecule has 16 heavy (non-hydrogen) atoms. The molecule has 0 aromatic rings. The molecule has 1 saturated heterocycles. The van der Waals surface area contributed by atoms with Gasteiger partial charge in [0.2, 0.25) is 0 Å². The summed E-state index contributed by atoms with van der Waals surface area (Å²) >= 11 is 0. The average Bonchev–Trinajstić information content (AvgIpc) is 2.54. The van der Waals surface area contributed by atoms with Crippen LogP contribution in [0.4, 0.5) is 0 Å². The standard InChI is InChI=1S/C10H17NO5/c1-9(7(12)15-3)5-6-10(2,11(9)14)8(13)16-4/h14H,5-6H2,1-4H3. The van der Waals surface area contributed by atoms with E-state index in [4.69, 9.17) is 0 Å². The lowest BCUT2D eigenvalue weighted by Gasteiger charge is -2.34. The Balaban J connectivity index is 3.01. The Kier molecular flexibility index (Phi) is 3.25. The number of esters is 2. The van der Waals surface area contributed by atoms with E-state index >= 15 is 0 Å². The van der Waals surface area contributed by atoms with Gasteiger partial charge < -0.3 is 14.7 Å². The summed E-state index contributed by atoms with van der Waals surface area (Å²) in [6, 6.07) is 0. The van der Waals surface area contributed by atoms with Crippen LogP contribution in [0.5, 0.6) is 0 Å². The molecule has 0 aliphatic carbocycles. The Morgan fingerprint density at radius 2 is 1.38 bits per heavy atom. The number of hydrogen-bond acceptors (Lipinski definition) is 6. The zero-order chi connectivity index (χ0) is 12.6. The highest BCUT2D eigenvalue weighted by molar-refractivity contribution is 5.86. The fraction of sp³-hybridized carbons (Fsp3) is 0.800. The predicted octanol–water partition coefficient (Wildman–Crippen LogP) is 0.335. The predicted molar refractivity (Wildman–Crippen MR) is 53.7 cm³/mol. The van der Waals surface area contributed by atoms with Crippen molar-refractivity contribution in [2.24, 2.45) is 0 Å². The summed E-state index contributed by atoms with van der Waals surface area (Å²) in [4.78, 5) is 23.1. The van der Waals surface area contributed by atoms with Crippen molar-refractivity contribution < 1.29 is 24.3 Å². The summed E-state index contributed by atoms with van der Waals surface area (Å²) in [6.07, 6.45) is 0.670. The smallest absolute Gasteiger partial charge is 0.328 e. The number of carbonyl (C=O) groups excluding carboxylic acids is 2. The van der Waals surface area contributed by atoms with Crippen molar-refractivity contribution >= 4 is 11.9 Å². The van der Waals surface area contributed by atoms with E-state index in [1.165, 1.54) is 28.1 Å². The molecule has 1 aliphatic heterocycles. The molecule has 2 unspecified atom stereocenters. The molecule has 1 N–H and O–H groups in total. The van der Waals surface area contributed by atoms with Gasteiger partial charge in [-0.2, -0.15) is 5.06 Å². The van der Waals surface area contributed by atoms with Crippen molar-refractivity contribution in [2.45, 2.75) is 37.8 Å². The third-order valence-corrected chi connectivity index (χ3v) is 3.28. The lowest BCUT2D eigenvalue weighted by atomic mass is 9.98. The van der Waals surface area contributed by atoms with Gasteiger partial charge in [0, 0.05) is 0 Å². The molecule has 0 spiro atoms. The maximum absolute atomic E-state index is 11.6. The monoisotopic (exact) mass is 231 g/mol. The maximum Gasteiger partial charge on any atom is 0.328 e. The fourth-order valence-electron chi connectivity index (χ4n) is 2.06. The van der Waals surface area contributed by atoms with Crippen molar-refractivity contribution in [3.8, 4) is 0 Å². The van der Waals surface area contributed by atoms with Gasteiger partial charge in [-0.05, 0) is 26.7 Å². The van der Waals surface area contributed by atoms with E-state index in [9.17, 15) is 14.8 Å². The molecule has 1 rings (SSSR count). The molecule has 1 heterocycles. The van der Waals surface area contributed by atoms with Crippen molar-refractivity contribution in [2.75, 3.05) is 14.2 Å². The minimum Gasteiger partial charge on any atom is -0.468 e. The van der Waals surface area contributed by atoms with Crippen LogP contribution in [0.25, 0.3) is 0 Å². The number of ether oxygens (including phenoxy) is 2. The number of hydroxylamine groups is 2. The van der Waals surface area contributed by atoms with Gasteiger partial charge in [-0.15, -0.1) is 0 Å². The fourth-order valence-corrected chi connectivity index (χ4v) is 2.06. The average molecular weight is 231 g/mol. The van der Waals surface area contributed by atoms with Gasteiger partial charge in [-0.1, -0.05) is 0 Å². The molecule has 1 fully saturated rings. The van der Waals surface area contributed by atoms with E-state index < -0.39 is 23.0 Å². The Hall–Kier alpha value is -1.14. The molecule has 92 valence electrons. The minimum atomic E-state index is -1.20. The normalized spacial score (nSPS) is 34.8. The Labute approximate surface area is 94.1 Å². The van der Waals surface area contributed by atoms with Crippen LogP contribution in [0.3, 0.4) is 0 Å². The number of rotatable bonds is 2. The van der Waals surface area contributed by atoms with Gasteiger partial charge in [-0.3, -0.25) is 0 Å². The molecule has 0 amide bonds. The molecular weight excluding hydrogens is 214 g/mol. The van der Waals surface area contributed by atoms with Crippen LogP contribution in [0.15, 0.2) is 0 Å². The van der Waals surface area contributed by atoms with Gasteiger partial charge in [0.05, 0.1) is 14.2 Å². The van der Waals surface area contributed by atoms with E-state index in [1.54, 1.807) is 0 Å². The van der Waals surface area contributed by atoms with Gasteiger partial charge in [-0.25, -0.2) is 9.59 Å². The number of methoxy groups -OCH3 is 2. The van der Waals surface area contributed by atoms with Crippen LogP contribution in [-0.2, 0) is 19.1 Å². The molecule has 0 aromatic carbocycles. The van der Waals surface area contributed by atoms with Crippen LogP contribution in [0, 0.1) is 0 Å². The van der Waals surface area contributed by atoms with E-state index in [1.807, 2.05) is 0 Å². The second-order valence-corrected chi connectivity index (χ2v) is 4.34. The topological polar surface area (TPSA) is 76.1 Å². The molecule has 0 aromatic heterocycles. The number of nitrogens with zero attached hydrogens (tertiary/aromatic N) is 1. The third-order valence-electron chi connectivity index (χ3n) is 3.28. The molecule has 2 atom stereocenters. The number of hydrogen-bond donors (Lipinski definition) is 1. The Bertz CT molecular complexity index is 288. The summed E-state index contributed by atoms with van der Waals surface area (Å²) < 4.78 is 9.24. The largest absolute Gasteiger partial charge is 0.468 e. The molecule has 1 aliphatic rings. The first-order valence-electron chi connectivity index (χ1n) is 4.99. The summed E-state index contributed by atoms with van der Waals surface area (Å²) in [5.41, 5.74) is -2.39. The summed E-state index contributed by atoms with van der Waals surface area (Å²) in [7, 11) is 2.49. The molecule has 6 heteroatoms. The van der Waals surface area contributed by atoms with Crippen LogP contribution >= 0.6 is 0 Å². The second-order valence-electron chi connectivity index (χ2n) is 4.34. The molecule has 0 bridgehead atoms. The highest BCUT2D eigenvalue weighted by Gasteiger charge is 2.59. The van der Waals surface area contributed by atoms with Crippen molar-refractivity contribution in [1.82, 2.24) is 5.06 Å². The third kappa shape index (κ3) is 1.58. The van der Waals surface area contributed by atoms with Crippen LogP contribution < -0.4 is 0 Å². The lowest BCUT2D eigenvalue weighted by molar-refractivity contribution is -0.221. The molecule has 0 saturated carbocycles. The SMILES string of the molecule is COC(=O)C1(C)CCC(C)(C(=O)OC)N1O. The highest BCUT2D eigenvalue weighted by Crippen LogP contribution is 2.40. The maximum atomic E-state index is 11.6. The van der Waals surface area contributed by atoms with Gasteiger partial charge in [0.25, 0.3) is 0 Å². The Morgan fingerprint density at radius 3 is 1.62 bits per heavy atom. The van der Waals surface area contributed by atoms with E-state index in [0.29, 0.717) is 12.8 Å². The summed E-state index contributed by atoms with van der Waals surface area (Å²) in [5, 5.41) is 10.7. The minimum absolute atomic E-state index is 0.335. The lowest BCUT2D eigenvalue weighted by Crippen LogP contribution is -2.57. The molecular formula is C10H17NO5. The van der Waals surface area contributed by atoms with E-state index in [2.05, 4.69) is 9.47 Å². The van der Waals surface area contributed by atoms with Gasteiger partial charge in [0.15, 0.2) is 0 Å². The second kappa shape index (κ2) is 4.03. The van der Waals surface area contributed by atoms with Crippen LogP contribution in [0.2, 0.25) is 0 Å². The number of carbonyl (C=O) groups is 2. The van der Waals surface area contributed by atoms with Crippen molar-refractivity contribution in [1.29, 1.82) is 0 Å². The highest BCUT2D eigenvalue weighted by atomic mass is 16.6. The summed E-state index contributed by atoms with van der Waals surface area (Å²) in [5.74, 6) is -1.13. The first kappa shape index (κ1) is 12.9. The van der Waals surface area contributed by atoms with E-state index in [-0.39, 0.29) is 0 Å². The first-order chi connectivity index (χ1) is 7.32. The summed E-state index contributed by atoms with van der Waals surface area (Å²) in [6.45, 7) is 3.07. The van der Waals surface area contributed by atoms with Crippen molar-refractivity contribution in [3.05, 3.63) is 0 Å². The molecule has 6 nitrogen and oxygen atoms in total. The van der Waals surface area contributed by atoms with E-state index in [0.717, 1.165) is 5.06 Å². The quantitative estimate of drug-likeness (QED) is 0.690. The molecule has 0 radical (unpaired) electrons. The van der Waals surface area contributed by atoms with Gasteiger partial charge >= 0.3 is 11.9 Å².